The van der Waals surface area contributed by atoms with E-state index in [0.717, 1.165) is 11.3 Å². The van der Waals surface area contributed by atoms with Crippen LogP contribution in [0.25, 0.3) is 0 Å². The third-order valence-electron chi connectivity index (χ3n) is 3.02. The molecule has 0 atom stereocenters. The lowest BCUT2D eigenvalue weighted by Crippen LogP contribution is -2.27. The summed E-state index contributed by atoms with van der Waals surface area (Å²) in [5.74, 6) is 5.10. The minimum atomic E-state index is -0.198. The van der Waals surface area contributed by atoms with Gasteiger partial charge in [0.05, 0.1) is 0 Å². The van der Waals surface area contributed by atoms with Crippen molar-refractivity contribution in [1.29, 1.82) is 0 Å². The van der Waals surface area contributed by atoms with Gasteiger partial charge in [0.15, 0.2) is 0 Å². The van der Waals surface area contributed by atoms with Crippen molar-refractivity contribution in [2.75, 3.05) is 18.6 Å². The molecule has 0 radical (unpaired) electrons. The molecule has 0 bridgehead atoms. The van der Waals surface area contributed by atoms with Crippen LogP contribution in [0.3, 0.4) is 0 Å². The van der Waals surface area contributed by atoms with Crippen molar-refractivity contribution >= 4 is 11.6 Å². The topological polar surface area (TPSA) is 53.4 Å². The van der Waals surface area contributed by atoms with Crippen molar-refractivity contribution in [1.82, 2.24) is 4.98 Å². The zero-order valence-electron chi connectivity index (χ0n) is 12.0. The van der Waals surface area contributed by atoms with Crippen LogP contribution in [-0.2, 0) is 0 Å². The van der Waals surface area contributed by atoms with E-state index in [1.165, 1.54) is 6.20 Å². The summed E-state index contributed by atoms with van der Waals surface area (Å²) in [5, 5.41) is 8.63. The largest absolute Gasteiger partial charge is 0.384 e. The number of carbonyl (C=O) groups is 1. The maximum atomic E-state index is 12.3. The molecule has 0 spiro atoms. The molecule has 1 aromatic heterocycles. The highest BCUT2D eigenvalue weighted by atomic mass is 16.2. The Morgan fingerprint density at radius 2 is 1.95 bits per heavy atom. The monoisotopic (exact) mass is 280 g/mol. The second kappa shape index (κ2) is 6.69. The van der Waals surface area contributed by atoms with Crippen LogP contribution in [0.15, 0.2) is 42.6 Å². The number of benzene rings is 1. The Morgan fingerprint density at radius 3 is 2.52 bits per heavy atom. The molecule has 0 unspecified atom stereocenters. The Hall–Kier alpha value is -2.64. The number of nitrogens with zero attached hydrogens (tertiary/aromatic N) is 2. The van der Waals surface area contributed by atoms with Gasteiger partial charge in [-0.1, -0.05) is 29.5 Å². The maximum absolute atomic E-state index is 12.3. The summed E-state index contributed by atoms with van der Waals surface area (Å²) in [7, 11) is 1.72. The van der Waals surface area contributed by atoms with Crippen LogP contribution in [0.5, 0.6) is 0 Å². The molecule has 106 valence electrons. The highest BCUT2D eigenvalue weighted by Crippen LogP contribution is 2.15. The van der Waals surface area contributed by atoms with Crippen LogP contribution in [0.1, 0.15) is 21.6 Å². The van der Waals surface area contributed by atoms with Gasteiger partial charge in [0, 0.05) is 24.5 Å². The zero-order chi connectivity index (χ0) is 15.2. The molecule has 0 saturated carbocycles. The van der Waals surface area contributed by atoms with E-state index in [4.69, 9.17) is 5.11 Å². The SMILES string of the molecule is Cc1ccc(N(C)C(=O)c2ccc(C#CCO)cn2)cc1. The van der Waals surface area contributed by atoms with Crippen molar-refractivity contribution in [2.45, 2.75) is 6.92 Å². The fourth-order valence-corrected chi connectivity index (χ4v) is 1.79. The lowest BCUT2D eigenvalue weighted by Gasteiger charge is -2.17. The minimum Gasteiger partial charge on any atom is -0.384 e. The second-order valence-electron chi connectivity index (χ2n) is 4.59. The van der Waals surface area contributed by atoms with E-state index in [-0.39, 0.29) is 12.5 Å². The predicted molar refractivity (Wildman–Crippen MR) is 82.1 cm³/mol. The normalized spacial score (nSPS) is 9.67. The van der Waals surface area contributed by atoms with Gasteiger partial charge in [-0.05, 0) is 31.2 Å². The second-order valence-corrected chi connectivity index (χ2v) is 4.59. The zero-order valence-corrected chi connectivity index (χ0v) is 12.0. The Kier molecular flexibility index (Phi) is 4.70. The molecule has 0 aliphatic heterocycles. The Morgan fingerprint density at radius 1 is 1.24 bits per heavy atom. The molecule has 0 fully saturated rings. The van der Waals surface area contributed by atoms with Gasteiger partial charge in [0.25, 0.3) is 5.91 Å². The lowest BCUT2D eigenvalue weighted by molar-refractivity contribution is 0.0988. The molecule has 21 heavy (non-hydrogen) atoms. The summed E-state index contributed by atoms with van der Waals surface area (Å²) >= 11 is 0. The van der Waals surface area contributed by atoms with Gasteiger partial charge in [-0.15, -0.1) is 0 Å². The number of aliphatic hydroxyl groups is 1. The van der Waals surface area contributed by atoms with E-state index in [1.807, 2.05) is 31.2 Å². The fourth-order valence-electron chi connectivity index (χ4n) is 1.79. The van der Waals surface area contributed by atoms with Crippen molar-refractivity contribution in [2.24, 2.45) is 0 Å². The number of aromatic nitrogens is 1. The van der Waals surface area contributed by atoms with Crippen molar-refractivity contribution in [3.8, 4) is 11.8 Å². The van der Waals surface area contributed by atoms with Gasteiger partial charge in [0.1, 0.15) is 12.3 Å². The third kappa shape index (κ3) is 3.68. The van der Waals surface area contributed by atoms with E-state index >= 15 is 0 Å². The quantitative estimate of drug-likeness (QED) is 0.856. The first kappa shape index (κ1) is 14.8. The molecule has 4 heteroatoms. The van der Waals surface area contributed by atoms with Crippen molar-refractivity contribution in [3.63, 3.8) is 0 Å². The summed E-state index contributed by atoms with van der Waals surface area (Å²) in [6, 6.07) is 11.1. The standard InChI is InChI=1S/C17H16N2O2/c1-13-5-8-15(9-6-13)19(2)17(21)16-10-7-14(12-18-16)4-3-11-20/h5-10,12,20H,11H2,1-2H3. The van der Waals surface area contributed by atoms with Crippen LogP contribution in [-0.4, -0.2) is 29.7 Å². The maximum Gasteiger partial charge on any atom is 0.276 e. The van der Waals surface area contributed by atoms with Gasteiger partial charge in [-0.25, -0.2) is 4.98 Å². The highest BCUT2D eigenvalue weighted by molar-refractivity contribution is 6.04. The molecular weight excluding hydrogens is 264 g/mol. The number of aliphatic hydroxyl groups excluding tert-OH is 1. The summed E-state index contributed by atoms with van der Waals surface area (Å²) in [5.41, 5.74) is 2.98. The number of hydrogen-bond donors (Lipinski definition) is 1. The summed E-state index contributed by atoms with van der Waals surface area (Å²) in [6.07, 6.45) is 1.53. The molecule has 0 aliphatic carbocycles. The number of anilines is 1. The average molecular weight is 280 g/mol. The van der Waals surface area contributed by atoms with Crippen LogP contribution >= 0.6 is 0 Å². The van der Waals surface area contributed by atoms with E-state index in [2.05, 4.69) is 16.8 Å². The molecular formula is C17H16N2O2. The van der Waals surface area contributed by atoms with E-state index in [0.29, 0.717) is 11.3 Å². The molecule has 2 aromatic rings. The minimum absolute atomic E-state index is 0.180. The first-order valence-electron chi connectivity index (χ1n) is 6.52. The van der Waals surface area contributed by atoms with Gasteiger partial charge in [-0.2, -0.15) is 0 Å². The molecule has 0 saturated heterocycles. The Bertz CT molecular complexity index is 679. The predicted octanol–water partition coefficient (Wildman–Crippen LogP) is 2.01. The number of carbonyl (C=O) groups excluding carboxylic acids is 1. The molecule has 1 N–H and O–H groups in total. The molecule has 0 aliphatic rings. The fraction of sp³-hybridized carbons (Fsp3) is 0.176. The Labute approximate surface area is 124 Å². The number of rotatable bonds is 2. The van der Waals surface area contributed by atoms with Crippen molar-refractivity contribution in [3.05, 3.63) is 59.4 Å². The summed E-state index contributed by atoms with van der Waals surface area (Å²) in [6.45, 7) is 1.80. The van der Waals surface area contributed by atoms with E-state index in [9.17, 15) is 4.79 Å². The molecule has 1 aromatic carbocycles. The van der Waals surface area contributed by atoms with Gasteiger partial charge in [0.2, 0.25) is 0 Å². The summed E-state index contributed by atoms with van der Waals surface area (Å²) < 4.78 is 0. The molecule has 2 rings (SSSR count). The molecule has 4 nitrogen and oxygen atoms in total. The van der Waals surface area contributed by atoms with Crippen LogP contribution in [0.4, 0.5) is 5.69 Å². The van der Waals surface area contributed by atoms with E-state index in [1.54, 1.807) is 24.1 Å². The number of aryl methyl sites for hydroxylation is 1. The lowest BCUT2D eigenvalue weighted by atomic mass is 10.2. The Balaban J connectivity index is 2.17. The van der Waals surface area contributed by atoms with Gasteiger partial charge >= 0.3 is 0 Å². The third-order valence-corrected chi connectivity index (χ3v) is 3.02. The number of amides is 1. The number of pyridine rings is 1. The summed E-state index contributed by atoms with van der Waals surface area (Å²) in [4.78, 5) is 18.0. The first-order valence-corrected chi connectivity index (χ1v) is 6.52. The molecule has 1 amide bonds. The molecule has 1 heterocycles. The highest BCUT2D eigenvalue weighted by Gasteiger charge is 2.14. The van der Waals surface area contributed by atoms with Crippen molar-refractivity contribution < 1.29 is 9.90 Å². The van der Waals surface area contributed by atoms with Gasteiger partial charge < -0.3 is 10.0 Å². The van der Waals surface area contributed by atoms with Crippen LogP contribution < -0.4 is 4.90 Å². The van der Waals surface area contributed by atoms with Crippen LogP contribution in [0, 0.1) is 18.8 Å². The average Bonchev–Trinajstić information content (AvgIpc) is 2.53. The van der Waals surface area contributed by atoms with Crippen LogP contribution in [0.2, 0.25) is 0 Å². The van der Waals surface area contributed by atoms with Gasteiger partial charge in [-0.3, -0.25) is 4.79 Å². The first-order chi connectivity index (χ1) is 10.1. The number of hydrogen-bond acceptors (Lipinski definition) is 3. The van der Waals surface area contributed by atoms with E-state index < -0.39 is 0 Å². The smallest absolute Gasteiger partial charge is 0.276 e.